The zero-order valence-electron chi connectivity index (χ0n) is 16.2. The standard InChI is InChI=1S/C22H21FN4O2/c1-13-3-8-17(25-21(28)15-4-5-15)11-20(13)26-22(29)19-12-24-27(14(19)2)18-9-6-16(23)7-10-18/h3,6-12,15H,4-5H2,1-2H3,(H,25,28)(H,26,29). The monoisotopic (exact) mass is 392 g/mol. The molecule has 1 aliphatic rings. The van der Waals surface area contributed by atoms with Crippen molar-refractivity contribution in [2.45, 2.75) is 26.7 Å². The molecular weight excluding hydrogens is 371 g/mol. The summed E-state index contributed by atoms with van der Waals surface area (Å²) >= 11 is 0. The summed E-state index contributed by atoms with van der Waals surface area (Å²) in [7, 11) is 0. The SMILES string of the molecule is Cc1ccc(NC(=O)C2CC2)cc1NC(=O)c1cnn(-c2ccc(F)cc2)c1C. The molecule has 1 aliphatic carbocycles. The van der Waals surface area contributed by atoms with Crippen molar-refractivity contribution >= 4 is 23.2 Å². The van der Waals surface area contributed by atoms with E-state index in [9.17, 15) is 14.0 Å². The van der Waals surface area contributed by atoms with Crippen molar-refractivity contribution < 1.29 is 14.0 Å². The van der Waals surface area contributed by atoms with Gasteiger partial charge in [-0.1, -0.05) is 6.07 Å². The molecule has 0 bridgehead atoms. The number of hydrogen-bond acceptors (Lipinski definition) is 3. The van der Waals surface area contributed by atoms with E-state index >= 15 is 0 Å². The zero-order chi connectivity index (χ0) is 20.5. The molecule has 0 saturated heterocycles. The highest BCUT2D eigenvalue weighted by molar-refractivity contribution is 6.06. The van der Waals surface area contributed by atoms with Crippen LogP contribution < -0.4 is 10.6 Å². The molecule has 2 amide bonds. The number of carbonyl (C=O) groups excluding carboxylic acids is 2. The number of nitrogens with zero attached hydrogens (tertiary/aromatic N) is 2. The Hall–Kier alpha value is -3.48. The van der Waals surface area contributed by atoms with Crippen LogP contribution in [-0.4, -0.2) is 21.6 Å². The molecule has 148 valence electrons. The van der Waals surface area contributed by atoms with Gasteiger partial charge >= 0.3 is 0 Å². The average Bonchev–Trinajstić information content (AvgIpc) is 3.48. The van der Waals surface area contributed by atoms with E-state index in [1.54, 1.807) is 29.8 Å². The number of amides is 2. The summed E-state index contributed by atoms with van der Waals surface area (Å²) in [6.07, 6.45) is 3.35. The molecule has 0 atom stereocenters. The first-order chi connectivity index (χ1) is 13.9. The minimum Gasteiger partial charge on any atom is -0.326 e. The lowest BCUT2D eigenvalue weighted by Crippen LogP contribution is -2.16. The van der Waals surface area contributed by atoms with Crippen LogP contribution in [0.25, 0.3) is 5.69 Å². The Bertz CT molecular complexity index is 1080. The second-order valence-electron chi connectivity index (χ2n) is 7.28. The van der Waals surface area contributed by atoms with Crippen molar-refractivity contribution in [2.75, 3.05) is 10.6 Å². The fourth-order valence-corrected chi connectivity index (χ4v) is 3.09. The predicted octanol–water partition coefficient (Wildman–Crippen LogP) is 4.23. The Morgan fingerprint density at radius 1 is 1.07 bits per heavy atom. The van der Waals surface area contributed by atoms with Crippen LogP contribution in [0, 0.1) is 25.6 Å². The molecule has 1 aromatic heterocycles. The lowest BCUT2D eigenvalue weighted by Gasteiger charge is -2.12. The van der Waals surface area contributed by atoms with Crippen LogP contribution in [0.15, 0.2) is 48.7 Å². The van der Waals surface area contributed by atoms with Gasteiger partial charge in [0.25, 0.3) is 5.91 Å². The highest BCUT2D eigenvalue weighted by Gasteiger charge is 2.29. The molecule has 4 rings (SSSR count). The van der Waals surface area contributed by atoms with E-state index in [1.165, 1.54) is 18.3 Å². The lowest BCUT2D eigenvalue weighted by molar-refractivity contribution is -0.117. The Morgan fingerprint density at radius 3 is 2.48 bits per heavy atom. The first kappa shape index (κ1) is 18.9. The molecule has 0 unspecified atom stereocenters. The minimum atomic E-state index is -0.333. The number of aryl methyl sites for hydroxylation is 1. The largest absolute Gasteiger partial charge is 0.326 e. The quantitative estimate of drug-likeness (QED) is 0.682. The van der Waals surface area contributed by atoms with Crippen molar-refractivity contribution in [3.05, 3.63) is 71.3 Å². The molecule has 0 spiro atoms. The molecule has 2 aromatic carbocycles. The highest BCUT2D eigenvalue weighted by atomic mass is 19.1. The summed E-state index contributed by atoms with van der Waals surface area (Å²) in [6, 6.07) is 11.3. The maximum Gasteiger partial charge on any atom is 0.259 e. The van der Waals surface area contributed by atoms with Crippen LogP contribution in [-0.2, 0) is 4.79 Å². The Labute approximate surface area is 167 Å². The van der Waals surface area contributed by atoms with E-state index in [0.717, 1.165) is 18.4 Å². The third-order valence-electron chi connectivity index (χ3n) is 5.03. The van der Waals surface area contributed by atoms with Crippen LogP contribution in [0.3, 0.4) is 0 Å². The highest BCUT2D eigenvalue weighted by Crippen LogP contribution is 2.31. The van der Waals surface area contributed by atoms with Crippen LogP contribution in [0.5, 0.6) is 0 Å². The first-order valence-corrected chi connectivity index (χ1v) is 9.46. The molecule has 1 heterocycles. The van der Waals surface area contributed by atoms with E-state index < -0.39 is 0 Å². The van der Waals surface area contributed by atoms with E-state index in [-0.39, 0.29) is 23.5 Å². The molecule has 0 aliphatic heterocycles. The predicted molar refractivity (Wildman–Crippen MR) is 109 cm³/mol. The summed E-state index contributed by atoms with van der Waals surface area (Å²) in [5, 5.41) is 10.0. The topological polar surface area (TPSA) is 76.0 Å². The van der Waals surface area contributed by atoms with Gasteiger partial charge in [-0.25, -0.2) is 9.07 Å². The molecule has 6 nitrogen and oxygen atoms in total. The van der Waals surface area contributed by atoms with Crippen LogP contribution in [0.1, 0.15) is 34.5 Å². The maximum atomic E-state index is 13.2. The number of anilines is 2. The summed E-state index contributed by atoms with van der Waals surface area (Å²) in [6.45, 7) is 3.67. The number of carbonyl (C=O) groups is 2. The molecule has 3 aromatic rings. The molecule has 29 heavy (non-hydrogen) atoms. The van der Waals surface area contributed by atoms with Gasteiger partial charge in [-0.05, 0) is 68.7 Å². The number of benzene rings is 2. The van der Waals surface area contributed by atoms with Gasteiger partial charge in [0.05, 0.1) is 23.1 Å². The van der Waals surface area contributed by atoms with Crippen molar-refractivity contribution in [3.8, 4) is 5.69 Å². The van der Waals surface area contributed by atoms with Gasteiger partial charge in [0.15, 0.2) is 0 Å². The van der Waals surface area contributed by atoms with Crippen LogP contribution in [0.2, 0.25) is 0 Å². The lowest BCUT2D eigenvalue weighted by atomic mass is 10.1. The molecule has 7 heteroatoms. The van der Waals surface area contributed by atoms with Crippen molar-refractivity contribution in [2.24, 2.45) is 5.92 Å². The normalized spacial score (nSPS) is 13.2. The third-order valence-corrected chi connectivity index (χ3v) is 5.03. The molecule has 2 N–H and O–H groups in total. The number of rotatable bonds is 5. The molecular formula is C22H21FN4O2. The molecule has 0 radical (unpaired) electrons. The summed E-state index contributed by atoms with van der Waals surface area (Å²) in [5.74, 6) is -0.512. The van der Waals surface area contributed by atoms with Gasteiger partial charge in [0.1, 0.15) is 5.82 Å². The summed E-state index contributed by atoms with van der Waals surface area (Å²) in [4.78, 5) is 24.8. The average molecular weight is 392 g/mol. The van der Waals surface area contributed by atoms with Gasteiger partial charge in [0.2, 0.25) is 5.91 Å². The van der Waals surface area contributed by atoms with Gasteiger partial charge in [-0.3, -0.25) is 9.59 Å². The minimum absolute atomic E-state index is 0.0162. The van der Waals surface area contributed by atoms with E-state index in [1.807, 2.05) is 19.1 Å². The number of hydrogen-bond donors (Lipinski definition) is 2. The van der Waals surface area contributed by atoms with Gasteiger partial charge < -0.3 is 10.6 Å². The second-order valence-corrected chi connectivity index (χ2v) is 7.28. The smallest absolute Gasteiger partial charge is 0.259 e. The Morgan fingerprint density at radius 2 is 1.79 bits per heavy atom. The summed E-state index contributed by atoms with van der Waals surface area (Å²) in [5.41, 5.74) is 3.89. The Kier molecular flexibility index (Phi) is 4.88. The number of halogens is 1. The number of aromatic nitrogens is 2. The number of nitrogens with one attached hydrogen (secondary N) is 2. The van der Waals surface area contributed by atoms with Crippen molar-refractivity contribution in [3.63, 3.8) is 0 Å². The molecule has 1 saturated carbocycles. The third kappa shape index (κ3) is 4.03. The van der Waals surface area contributed by atoms with Gasteiger partial charge in [-0.15, -0.1) is 0 Å². The fraction of sp³-hybridized carbons (Fsp3) is 0.227. The Balaban J connectivity index is 1.53. The van der Waals surface area contributed by atoms with Crippen molar-refractivity contribution in [1.82, 2.24) is 9.78 Å². The zero-order valence-corrected chi connectivity index (χ0v) is 16.2. The van der Waals surface area contributed by atoms with Gasteiger partial charge in [-0.2, -0.15) is 5.10 Å². The van der Waals surface area contributed by atoms with E-state index in [2.05, 4.69) is 15.7 Å². The van der Waals surface area contributed by atoms with Crippen LogP contribution in [0.4, 0.5) is 15.8 Å². The van der Waals surface area contributed by atoms with E-state index in [0.29, 0.717) is 28.3 Å². The summed E-state index contributed by atoms with van der Waals surface area (Å²) < 4.78 is 14.7. The van der Waals surface area contributed by atoms with Crippen molar-refractivity contribution in [1.29, 1.82) is 0 Å². The fourth-order valence-electron chi connectivity index (χ4n) is 3.09. The molecule has 1 fully saturated rings. The second kappa shape index (κ2) is 7.50. The van der Waals surface area contributed by atoms with E-state index in [4.69, 9.17) is 0 Å². The van der Waals surface area contributed by atoms with Crippen LogP contribution >= 0.6 is 0 Å². The maximum absolute atomic E-state index is 13.2. The first-order valence-electron chi connectivity index (χ1n) is 9.46. The van der Waals surface area contributed by atoms with Gasteiger partial charge in [0, 0.05) is 17.3 Å².